The first kappa shape index (κ1) is 20.1. The second kappa shape index (κ2) is 7.75. The molecule has 0 saturated carbocycles. The lowest BCUT2D eigenvalue weighted by molar-refractivity contribution is -0.140. The summed E-state index contributed by atoms with van der Waals surface area (Å²) in [5, 5.41) is 0. The third kappa shape index (κ3) is 4.25. The summed E-state index contributed by atoms with van der Waals surface area (Å²) >= 11 is 0. The van der Waals surface area contributed by atoms with Gasteiger partial charge >= 0.3 is 5.97 Å². The molecule has 0 unspecified atom stereocenters. The van der Waals surface area contributed by atoms with Crippen molar-refractivity contribution in [2.24, 2.45) is 0 Å². The van der Waals surface area contributed by atoms with Crippen LogP contribution in [0.2, 0.25) is 0 Å². The predicted octanol–water partition coefficient (Wildman–Crippen LogP) is 2.53. The zero-order chi connectivity index (χ0) is 20.5. The highest BCUT2D eigenvalue weighted by atomic mass is 32.2. The second-order valence-electron chi connectivity index (χ2n) is 7.07. The number of fused-ring (bicyclic) bond motifs is 1. The Morgan fingerprint density at radius 3 is 2.46 bits per heavy atom. The van der Waals surface area contributed by atoms with Crippen molar-refractivity contribution < 1.29 is 22.7 Å². The van der Waals surface area contributed by atoms with Gasteiger partial charge in [0.25, 0.3) is 5.91 Å². The maximum Gasteiger partial charge on any atom is 0.339 e. The minimum Gasteiger partial charge on any atom is -0.449 e. The highest BCUT2D eigenvalue weighted by Crippen LogP contribution is 2.21. The molecule has 2 aromatic rings. The van der Waals surface area contributed by atoms with Gasteiger partial charge in [-0.1, -0.05) is 30.3 Å². The molecular weight excluding hydrogens is 378 g/mol. The fourth-order valence-corrected chi connectivity index (χ4v) is 3.91. The van der Waals surface area contributed by atoms with Crippen LogP contribution in [0, 0.1) is 6.92 Å². The summed E-state index contributed by atoms with van der Waals surface area (Å²) in [7, 11) is -3.45. The Hall–Kier alpha value is -2.67. The van der Waals surface area contributed by atoms with Gasteiger partial charge in [-0.25, -0.2) is 13.2 Å². The lowest BCUT2D eigenvalue weighted by atomic mass is 9.99. The molecule has 1 aliphatic rings. The number of hydrogen-bond donors (Lipinski definition) is 0. The molecule has 1 atom stereocenters. The molecule has 0 spiro atoms. The number of benzene rings is 2. The van der Waals surface area contributed by atoms with Crippen LogP contribution in [0.4, 0.5) is 0 Å². The van der Waals surface area contributed by atoms with E-state index < -0.39 is 21.9 Å². The third-order valence-electron chi connectivity index (χ3n) is 4.93. The van der Waals surface area contributed by atoms with Crippen LogP contribution in [0.25, 0.3) is 0 Å². The SMILES string of the molecule is Cc1ccc(S(C)(=O)=O)cc1C(=O)O[C@@H](C)C(=O)N1CCc2ccccc2C1. The first-order valence-electron chi connectivity index (χ1n) is 9.04. The zero-order valence-electron chi connectivity index (χ0n) is 16.1. The van der Waals surface area contributed by atoms with E-state index in [9.17, 15) is 18.0 Å². The monoisotopic (exact) mass is 401 g/mol. The molecule has 0 fully saturated rings. The van der Waals surface area contributed by atoms with Crippen molar-refractivity contribution in [3.63, 3.8) is 0 Å². The molecular formula is C21H23NO5S. The number of ether oxygens (including phenoxy) is 1. The van der Waals surface area contributed by atoms with Gasteiger partial charge in [-0.15, -0.1) is 0 Å². The van der Waals surface area contributed by atoms with Crippen molar-refractivity contribution in [2.45, 2.75) is 37.8 Å². The fourth-order valence-electron chi connectivity index (χ4n) is 3.27. The van der Waals surface area contributed by atoms with Crippen molar-refractivity contribution in [3.05, 3.63) is 64.7 Å². The number of aryl methyl sites for hydroxylation is 1. The molecule has 6 nitrogen and oxygen atoms in total. The van der Waals surface area contributed by atoms with Crippen LogP contribution >= 0.6 is 0 Å². The van der Waals surface area contributed by atoms with Crippen LogP contribution in [0.15, 0.2) is 47.4 Å². The van der Waals surface area contributed by atoms with Crippen molar-refractivity contribution in [1.29, 1.82) is 0 Å². The summed E-state index contributed by atoms with van der Waals surface area (Å²) in [4.78, 5) is 27.0. The molecule has 1 heterocycles. The molecule has 148 valence electrons. The van der Waals surface area contributed by atoms with Crippen LogP contribution in [0.5, 0.6) is 0 Å². The smallest absolute Gasteiger partial charge is 0.339 e. The van der Waals surface area contributed by atoms with Crippen molar-refractivity contribution >= 4 is 21.7 Å². The number of carbonyl (C=O) groups excluding carboxylic acids is 2. The van der Waals surface area contributed by atoms with E-state index in [0.29, 0.717) is 18.7 Å². The van der Waals surface area contributed by atoms with Gasteiger partial charge in [0, 0.05) is 19.3 Å². The minimum atomic E-state index is -3.45. The average molecular weight is 401 g/mol. The fraction of sp³-hybridized carbons (Fsp3) is 0.333. The van der Waals surface area contributed by atoms with Crippen molar-refractivity contribution in [3.8, 4) is 0 Å². The Morgan fingerprint density at radius 2 is 1.79 bits per heavy atom. The van der Waals surface area contributed by atoms with Gasteiger partial charge in [0.1, 0.15) is 0 Å². The topological polar surface area (TPSA) is 80.7 Å². The summed E-state index contributed by atoms with van der Waals surface area (Å²) in [6.07, 6.45) is 0.879. The second-order valence-corrected chi connectivity index (χ2v) is 9.09. The predicted molar refractivity (Wildman–Crippen MR) is 105 cm³/mol. The number of rotatable bonds is 4. The quantitative estimate of drug-likeness (QED) is 0.736. The largest absolute Gasteiger partial charge is 0.449 e. The number of carbonyl (C=O) groups is 2. The number of nitrogens with zero attached hydrogens (tertiary/aromatic N) is 1. The maximum atomic E-state index is 12.7. The molecule has 0 saturated heterocycles. The molecule has 0 N–H and O–H groups in total. The Labute approximate surface area is 165 Å². The molecule has 0 radical (unpaired) electrons. The van der Waals surface area contributed by atoms with Crippen LogP contribution < -0.4 is 0 Å². The van der Waals surface area contributed by atoms with Gasteiger partial charge < -0.3 is 9.64 Å². The van der Waals surface area contributed by atoms with Gasteiger partial charge in [-0.3, -0.25) is 4.79 Å². The van der Waals surface area contributed by atoms with E-state index >= 15 is 0 Å². The van der Waals surface area contributed by atoms with E-state index in [4.69, 9.17) is 4.74 Å². The van der Waals surface area contributed by atoms with Crippen LogP contribution in [-0.2, 0) is 32.3 Å². The lowest BCUT2D eigenvalue weighted by Crippen LogP contribution is -2.42. The van der Waals surface area contributed by atoms with Gasteiger partial charge in [0.05, 0.1) is 10.5 Å². The molecule has 7 heteroatoms. The van der Waals surface area contributed by atoms with Gasteiger partial charge in [0.15, 0.2) is 15.9 Å². The summed E-state index contributed by atoms with van der Waals surface area (Å²) in [5.74, 6) is -0.971. The standard InChI is InChI=1S/C21H23NO5S/c1-14-8-9-18(28(3,25)26)12-19(14)21(24)27-15(2)20(23)22-11-10-16-6-4-5-7-17(16)13-22/h4-9,12,15H,10-11,13H2,1-3H3/t15-/m0/s1. The summed E-state index contributed by atoms with van der Waals surface area (Å²) < 4.78 is 28.9. The van der Waals surface area contributed by atoms with Gasteiger partial charge in [-0.05, 0) is 49.1 Å². The Morgan fingerprint density at radius 1 is 1.11 bits per heavy atom. The van der Waals surface area contributed by atoms with E-state index in [0.717, 1.165) is 18.2 Å². The summed E-state index contributed by atoms with van der Waals surface area (Å²) in [6.45, 7) is 4.28. The molecule has 0 aromatic heterocycles. The highest BCUT2D eigenvalue weighted by Gasteiger charge is 2.28. The highest BCUT2D eigenvalue weighted by molar-refractivity contribution is 7.90. The lowest BCUT2D eigenvalue weighted by Gasteiger charge is -2.30. The third-order valence-corrected chi connectivity index (χ3v) is 6.04. The average Bonchev–Trinajstić information content (AvgIpc) is 2.66. The molecule has 0 aliphatic carbocycles. The van der Waals surface area contributed by atoms with Gasteiger partial charge in [-0.2, -0.15) is 0 Å². The van der Waals surface area contributed by atoms with Crippen molar-refractivity contribution in [1.82, 2.24) is 4.90 Å². The molecule has 0 bridgehead atoms. The number of amides is 1. The van der Waals surface area contributed by atoms with E-state index in [-0.39, 0.29) is 16.4 Å². The molecule has 28 heavy (non-hydrogen) atoms. The normalized spacial score (nSPS) is 14.9. The van der Waals surface area contributed by atoms with Crippen LogP contribution in [-0.4, -0.2) is 44.1 Å². The molecule has 2 aromatic carbocycles. The first-order valence-corrected chi connectivity index (χ1v) is 10.9. The Bertz CT molecular complexity index is 1030. The minimum absolute atomic E-state index is 0.0386. The van der Waals surface area contributed by atoms with Crippen LogP contribution in [0.3, 0.4) is 0 Å². The van der Waals surface area contributed by atoms with Crippen molar-refractivity contribution in [2.75, 3.05) is 12.8 Å². The van der Waals surface area contributed by atoms with E-state index in [1.54, 1.807) is 17.9 Å². The van der Waals surface area contributed by atoms with Crippen LogP contribution in [0.1, 0.15) is 34.0 Å². The number of esters is 1. The number of hydrogen-bond acceptors (Lipinski definition) is 5. The van der Waals surface area contributed by atoms with E-state index in [2.05, 4.69) is 6.07 Å². The molecule has 1 amide bonds. The van der Waals surface area contributed by atoms with Gasteiger partial charge in [0.2, 0.25) is 0 Å². The number of sulfone groups is 1. The molecule has 1 aliphatic heterocycles. The Kier molecular flexibility index (Phi) is 5.56. The van der Waals surface area contributed by atoms with E-state index in [1.165, 1.54) is 24.6 Å². The molecule has 3 rings (SSSR count). The first-order chi connectivity index (χ1) is 13.2. The Balaban J connectivity index is 1.72. The summed E-state index contributed by atoms with van der Waals surface area (Å²) in [6, 6.07) is 12.3. The summed E-state index contributed by atoms with van der Waals surface area (Å²) in [5.41, 5.74) is 3.05. The maximum absolute atomic E-state index is 12.7. The zero-order valence-corrected chi connectivity index (χ0v) is 17.0. The van der Waals surface area contributed by atoms with E-state index in [1.807, 2.05) is 18.2 Å².